The molecule has 4 heteroatoms. The zero-order valence-electron chi connectivity index (χ0n) is 12.2. The van der Waals surface area contributed by atoms with Crippen molar-refractivity contribution in [1.29, 1.82) is 0 Å². The third-order valence-corrected chi connectivity index (χ3v) is 5.72. The molecular weight excluding hydrogens is 285 g/mol. The van der Waals surface area contributed by atoms with Gasteiger partial charge in [0.2, 0.25) is 5.91 Å². The zero-order valence-corrected chi connectivity index (χ0v) is 13.1. The summed E-state index contributed by atoms with van der Waals surface area (Å²) in [5.74, 6) is 1.62. The Hall–Kier alpha value is -1.03. The molecule has 1 aliphatic heterocycles. The molecule has 3 rings (SSSR count). The van der Waals surface area contributed by atoms with Crippen molar-refractivity contribution < 1.29 is 9.18 Å². The van der Waals surface area contributed by atoms with Crippen LogP contribution in [0.25, 0.3) is 0 Å². The summed E-state index contributed by atoms with van der Waals surface area (Å²) in [7, 11) is 0. The molecule has 2 aliphatic rings. The maximum absolute atomic E-state index is 13.4. The molecule has 1 aliphatic carbocycles. The number of carbonyl (C=O) groups is 1. The fourth-order valence-electron chi connectivity index (χ4n) is 3.42. The van der Waals surface area contributed by atoms with Gasteiger partial charge >= 0.3 is 0 Å². The number of nitrogens with one attached hydrogen (secondary N) is 1. The Balaban J connectivity index is 1.57. The number of carbonyl (C=O) groups excluding carboxylic acids is 1. The minimum absolute atomic E-state index is 0.0203. The SMILES string of the molecule is O=C(CCC1CCCC1)NC1CCSc2ccc(F)cc21. The summed E-state index contributed by atoms with van der Waals surface area (Å²) < 4.78 is 13.4. The van der Waals surface area contributed by atoms with E-state index in [0.29, 0.717) is 6.42 Å². The van der Waals surface area contributed by atoms with Crippen LogP contribution < -0.4 is 5.32 Å². The molecule has 114 valence electrons. The van der Waals surface area contributed by atoms with E-state index in [1.54, 1.807) is 17.8 Å². The molecule has 21 heavy (non-hydrogen) atoms. The predicted molar refractivity (Wildman–Crippen MR) is 83.8 cm³/mol. The molecule has 1 unspecified atom stereocenters. The van der Waals surface area contributed by atoms with Gasteiger partial charge in [-0.25, -0.2) is 4.39 Å². The lowest BCUT2D eigenvalue weighted by molar-refractivity contribution is -0.122. The van der Waals surface area contributed by atoms with E-state index in [1.165, 1.54) is 31.7 Å². The highest BCUT2D eigenvalue weighted by atomic mass is 32.2. The van der Waals surface area contributed by atoms with Crippen LogP contribution >= 0.6 is 11.8 Å². The molecule has 0 saturated heterocycles. The fraction of sp³-hybridized carbons (Fsp3) is 0.588. The second-order valence-electron chi connectivity index (χ2n) is 6.13. The van der Waals surface area contributed by atoms with Crippen molar-refractivity contribution in [2.75, 3.05) is 5.75 Å². The summed E-state index contributed by atoms with van der Waals surface area (Å²) in [6.45, 7) is 0. The van der Waals surface area contributed by atoms with Crippen LogP contribution in [0.3, 0.4) is 0 Å². The molecule has 2 nitrogen and oxygen atoms in total. The summed E-state index contributed by atoms with van der Waals surface area (Å²) in [6, 6.07) is 4.87. The maximum Gasteiger partial charge on any atom is 0.220 e. The number of thioether (sulfide) groups is 1. The van der Waals surface area contributed by atoms with Gasteiger partial charge < -0.3 is 5.32 Å². The van der Waals surface area contributed by atoms with E-state index in [-0.39, 0.29) is 17.8 Å². The molecule has 1 aromatic carbocycles. The van der Waals surface area contributed by atoms with Crippen molar-refractivity contribution in [1.82, 2.24) is 5.32 Å². The topological polar surface area (TPSA) is 29.1 Å². The Labute approximate surface area is 129 Å². The van der Waals surface area contributed by atoms with Gasteiger partial charge in [0.15, 0.2) is 0 Å². The van der Waals surface area contributed by atoms with E-state index < -0.39 is 0 Å². The number of fused-ring (bicyclic) bond motifs is 1. The van der Waals surface area contributed by atoms with Gasteiger partial charge in [0.1, 0.15) is 5.82 Å². The molecule has 1 aromatic rings. The molecule has 1 fully saturated rings. The molecule has 1 atom stereocenters. The van der Waals surface area contributed by atoms with Gasteiger partial charge in [-0.1, -0.05) is 25.7 Å². The number of rotatable bonds is 4. The molecular formula is C17H22FNOS. The third kappa shape index (κ3) is 3.79. The monoisotopic (exact) mass is 307 g/mol. The Morgan fingerprint density at radius 3 is 2.90 bits per heavy atom. The summed E-state index contributed by atoms with van der Waals surface area (Å²) in [4.78, 5) is 13.3. The van der Waals surface area contributed by atoms with Gasteiger partial charge in [0.05, 0.1) is 6.04 Å². The van der Waals surface area contributed by atoms with Crippen LogP contribution in [-0.2, 0) is 4.79 Å². The summed E-state index contributed by atoms with van der Waals surface area (Å²) >= 11 is 1.74. The fourth-order valence-corrected chi connectivity index (χ4v) is 4.52. The van der Waals surface area contributed by atoms with E-state index in [0.717, 1.165) is 35.0 Å². The molecule has 1 N–H and O–H groups in total. The highest BCUT2D eigenvalue weighted by molar-refractivity contribution is 7.99. The van der Waals surface area contributed by atoms with E-state index >= 15 is 0 Å². The third-order valence-electron chi connectivity index (χ3n) is 4.60. The molecule has 0 spiro atoms. The second-order valence-corrected chi connectivity index (χ2v) is 7.27. The van der Waals surface area contributed by atoms with Crippen LogP contribution in [0, 0.1) is 11.7 Å². The standard InChI is InChI=1S/C17H22FNOS/c18-13-6-7-16-14(11-13)15(9-10-21-16)19-17(20)8-5-12-3-1-2-4-12/h6-7,11-12,15H,1-5,8-10H2,(H,19,20). The Bertz CT molecular complexity index is 514. The molecule has 0 bridgehead atoms. The summed E-state index contributed by atoms with van der Waals surface area (Å²) in [6.07, 6.45) is 7.69. The average molecular weight is 307 g/mol. The van der Waals surface area contributed by atoms with Crippen LogP contribution in [0.4, 0.5) is 4.39 Å². The van der Waals surface area contributed by atoms with E-state index in [4.69, 9.17) is 0 Å². The first-order valence-corrected chi connectivity index (χ1v) is 8.92. The first kappa shape index (κ1) is 14.9. The highest BCUT2D eigenvalue weighted by Crippen LogP contribution is 2.36. The number of halogens is 1. The van der Waals surface area contributed by atoms with Crippen molar-refractivity contribution >= 4 is 17.7 Å². The van der Waals surface area contributed by atoms with Crippen LogP contribution in [0.2, 0.25) is 0 Å². The number of hydrogen-bond donors (Lipinski definition) is 1. The molecule has 1 amide bonds. The largest absolute Gasteiger partial charge is 0.349 e. The minimum Gasteiger partial charge on any atom is -0.349 e. The van der Waals surface area contributed by atoms with Crippen LogP contribution in [0.1, 0.15) is 56.6 Å². The number of hydrogen-bond acceptors (Lipinski definition) is 2. The van der Waals surface area contributed by atoms with E-state index in [9.17, 15) is 9.18 Å². The van der Waals surface area contributed by atoms with Gasteiger partial charge in [-0.2, -0.15) is 0 Å². The minimum atomic E-state index is -0.221. The van der Waals surface area contributed by atoms with Crippen LogP contribution in [-0.4, -0.2) is 11.7 Å². The second kappa shape index (κ2) is 6.82. The van der Waals surface area contributed by atoms with Gasteiger partial charge in [-0.15, -0.1) is 11.8 Å². The average Bonchev–Trinajstić information content (AvgIpc) is 2.99. The van der Waals surface area contributed by atoms with Crippen LogP contribution in [0.15, 0.2) is 23.1 Å². The number of benzene rings is 1. The maximum atomic E-state index is 13.4. The first-order valence-electron chi connectivity index (χ1n) is 7.94. The highest BCUT2D eigenvalue weighted by Gasteiger charge is 2.23. The lowest BCUT2D eigenvalue weighted by Gasteiger charge is -2.26. The Morgan fingerprint density at radius 1 is 1.29 bits per heavy atom. The molecule has 0 radical (unpaired) electrons. The number of amides is 1. The van der Waals surface area contributed by atoms with Gasteiger partial charge in [-0.3, -0.25) is 4.79 Å². The van der Waals surface area contributed by atoms with Gasteiger partial charge in [-0.05, 0) is 42.5 Å². The van der Waals surface area contributed by atoms with Crippen molar-refractivity contribution in [3.05, 3.63) is 29.6 Å². The smallest absolute Gasteiger partial charge is 0.220 e. The Morgan fingerprint density at radius 2 is 2.10 bits per heavy atom. The Kier molecular flexibility index (Phi) is 4.84. The lowest BCUT2D eigenvalue weighted by Crippen LogP contribution is -2.30. The molecule has 1 heterocycles. The summed E-state index contributed by atoms with van der Waals surface area (Å²) in [5, 5.41) is 3.11. The summed E-state index contributed by atoms with van der Waals surface area (Å²) in [5.41, 5.74) is 0.945. The van der Waals surface area contributed by atoms with Crippen molar-refractivity contribution in [2.45, 2.75) is 55.9 Å². The molecule has 1 saturated carbocycles. The first-order chi connectivity index (χ1) is 10.2. The van der Waals surface area contributed by atoms with Crippen molar-refractivity contribution in [2.24, 2.45) is 5.92 Å². The lowest BCUT2D eigenvalue weighted by atomic mass is 10.0. The zero-order chi connectivity index (χ0) is 14.7. The van der Waals surface area contributed by atoms with Crippen molar-refractivity contribution in [3.8, 4) is 0 Å². The van der Waals surface area contributed by atoms with Gasteiger partial charge in [0, 0.05) is 17.1 Å². The predicted octanol–water partition coefficient (Wildman–Crippen LogP) is 4.45. The normalized spacial score (nSPS) is 22.0. The van der Waals surface area contributed by atoms with E-state index in [1.807, 2.05) is 6.07 Å². The molecule has 0 aromatic heterocycles. The quantitative estimate of drug-likeness (QED) is 0.890. The van der Waals surface area contributed by atoms with Gasteiger partial charge in [0.25, 0.3) is 0 Å². The van der Waals surface area contributed by atoms with E-state index in [2.05, 4.69) is 5.32 Å². The van der Waals surface area contributed by atoms with Crippen LogP contribution in [0.5, 0.6) is 0 Å². The van der Waals surface area contributed by atoms with Crippen molar-refractivity contribution in [3.63, 3.8) is 0 Å².